The Kier molecular flexibility index (Phi) is 2.24. The average molecular weight is 168 g/mol. The van der Waals surface area contributed by atoms with Crippen LogP contribution in [0.3, 0.4) is 0 Å². The Morgan fingerprint density at radius 3 is 2.91 bits per heavy atom. The summed E-state index contributed by atoms with van der Waals surface area (Å²) in [6.45, 7) is 0. The molecule has 1 rings (SSSR count). The van der Waals surface area contributed by atoms with Gasteiger partial charge in [0, 0.05) is 6.08 Å². The predicted octanol–water partition coefficient (Wildman–Crippen LogP) is 1.71. The van der Waals surface area contributed by atoms with Crippen LogP contribution >= 0.6 is 11.3 Å². The van der Waals surface area contributed by atoms with Gasteiger partial charge in [-0.25, -0.2) is 0 Å². The van der Waals surface area contributed by atoms with Gasteiger partial charge in [-0.3, -0.25) is 0 Å². The van der Waals surface area contributed by atoms with Crippen molar-refractivity contribution in [3.63, 3.8) is 0 Å². The summed E-state index contributed by atoms with van der Waals surface area (Å²) in [5.74, 6) is 0. The second-order valence-electron chi connectivity index (χ2n) is 1.83. The SMILES string of the molecule is N#C/C=C(\N)c1ccc(F)s1. The van der Waals surface area contributed by atoms with Crippen molar-refractivity contribution in [1.82, 2.24) is 0 Å². The molecular formula is C7H5FN2S. The van der Waals surface area contributed by atoms with E-state index in [1.807, 2.05) is 0 Å². The van der Waals surface area contributed by atoms with Crippen LogP contribution in [0.25, 0.3) is 5.70 Å². The van der Waals surface area contributed by atoms with Crippen LogP contribution in [0.15, 0.2) is 18.2 Å². The molecule has 0 saturated heterocycles. The second-order valence-corrected chi connectivity index (χ2v) is 2.87. The van der Waals surface area contributed by atoms with Crippen LogP contribution in [0.2, 0.25) is 0 Å². The molecule has 2 N–H and O–H groups in total. The minimum atomic E-state index is -0.297. The number of halogens is 1. The van der Waals surface area contributed by atoms with Crippen LogP contribution in [0.5, 0.6) is 0 Å². The Labute approximate surface area is 67.4 Å². The van der Waals surface area contributed by atoms with Crippen LogP contribution in [0.4, 0.5) is 4.39 Å². The van der Waals surface area contributed by atoms with E-state index in [1.165, 1.54) is 12.1 Å². The largest absolute Gasteiger partial charge is 0.397 e. The number of rotatable bonds is 1. The molecule has 0 fully saturated rings. The van der Waals surface area contributed by atoms with Crippen LogP contribution in [-0.4, -0.2) is 0 Å². The Morgan fingerprint density at radius 1 is 1.73 bits per heavy atom. The van der Waals surface area contributed by atoms with E-state index in [0.717, 1.165) is 11.3 Å². The molecule has 11 heavy (non-hydrogen) atoms. The normalized spacial score (nSPS) is 11.1. The minimum Gasteiger partial charge on any atom is -0.397 e. The molecule has 0 bridgehead atoms. The van der Waals surface area contributed by atoms with Crippen LogP contribution in [-0.2, 0) is 0 Å². The summed E-state index contributed by atoms with van der Waals surface area (Å²) in [6.07, 6.45) is 1.19. The second kappa shape index (κ2) is 3.17. The first-order valence-corrected chi connectivity index (χ1v) is 3.66. The molecule has 4 heteroatoms. The maximum absolute atomic E-state index is 12.4. The Balaban J connectivity index is 2.95. The zero-order valence-electron chi connectivity index (χ0n) is 5.54. The first-order chi connectivity index (χ1) is 5.24. The van der Waals surface area contributed by atoms with Gasteiger partial charge in [-0.15, -0.1) is 11.3 Å². The number of allylic oxidation sites excluding steroid dienone is 1. The zero-order chi connectivity index (χ0) is 8.27. The molecule has 0 atom stereocenters. The third kappa shape index (κ3) is 1.79. The topological polar surface area (TPSA) is 49.8 Å². The van der Waals surface area contributed by atoms with Gasteiger partial charge in [0.15, 0.2) is 5.13 Å². The lowest BCUT2D eigenvalue weighted by Crippen LogP contribution is -1.91. The molecule has 0 radical (unpaired) electrons. The van der Waals surface area contributed by atoms with Gasteiger partial charge in [0.25, 0.3) is 0 Å². The van der Waals surface area contributed by atoms with Crippen molar-refractivity contribution < 1.29 is 4.39 Å². The smallest absolute Gasteiger partial charge is 0.177 e. The maximum Gasteiger partial charge on any atom is 0.177 e. The van der Waals surface area contributed by atoms with E-state index < -0.39 is 0 Å². The molecule has 56 valence electrons. The maximum atomic E-state index is 12.4. The van der Waals surface area contributed by atoms with Gasteiger partial charge in [0.05, 0.1) is 16.6 Å². The van der Waals surface area contributed by atoms with Gasteiger partial charge in [0.2, 0.25) is 0 Å². The molecule has 2 nitrogen and oxygen atoms in total. The van der Waals surface area contributed by atoms with Crippen molar-refractivity contribution in [2.24, 2.45) is 5.73 Å². The summed E-state index contributed by atoms with van der Waals surface area (Å²) in [5, 5.41) is 7.91. The quantitative estimate of drug-likeness (QED) is 0.649. The van der Waals surface area contributed by atoms with E-state index >= 15 is 0 Å². The standard InChI is InChI=1S/C7H5FN2S/c8-7-2-1-6(11-7)5(10)3-4-9/h1-3H,10H2/b5-3-. The molecule has 1 aromatic rings. The van der Waals surface area contributed by atoms with Gasteiger partial charge in [0.1, 0.15) is 0 Å². The van der Waals surface area contributed by atoms with E-state index in [-0.39, 0.29) is 5.13 Å². The average Bonchev–Trinajstić information content (AvgIpc) is 2.36. The third-order valence-corrected chi connectivity index (χ3v) is 2.00. The van der Waals surface area contributed by atoms with Gasteiger partial charge in [-0.1, -0.05) is 0 Å². The van der Waals surface area contributed by atoms with Crippen molar-refractivity contribution in [3.05, 3.63) is 28.2 Å². The molecule has 0 aliphatic carbocycles. The minimum absolute atomic E-state index is 0.297. The van der Waals surface area contributed by atoms with Gasteiger partial charge < -0.3 is 5.73 Å². The zero-order valence-corrected chi connectivity index (χ0v) is 6.36. The summed E-state index contributed by atoms with van der Waals surface area (Å²) >= 11 is 0.925. The first-order valence-electron chi connectivity index (χ1n) is 2.85. The number of hydrogen-bond acceptors (Lipinski definition) is 3. The van der Waals surface area contributed by atoms with Crippen molar-refractivity contribution >= 4 is 17.0 Å². The number of hydrogen-bond donors (Lipinski definition) is 1. The Bertz CT molecular complexity index is 321. The van der Waals surface area contributed by atoms with E-state index in [0.29, 0.717) is 10.6 Å². The predicted molar refractivity (Wildman–Crippen MR) is 42.1 cm³/mol. The fourth-order valence-electron chi connectivity index (χ4n) is 0.610. The third-order valence-electron chi connectivity index (χ3n) is 1.08. The lowest BCUT2D eigenvalue weighted by Gasteiger charge is -1.89. The molecule has 0 aromatic carbocycles. The highest BCUT2D eigenvalue weighted by Gasteiger charge is 2.00. The summed E-state index contributed by atoms with van der Waals surface area (Å²) < 4.78 is 12.4. The molecule has 0 aliphatic rings. The first kappa shape index (κ1) is 7.76. The van der Waals surface area contributed by atoms with Crippen molar-refractivity contribution in [1.29, 1.82) is 5.26 Å². The Morgan fingerprint density at radius 2 is 2.45 bits per heavy atom. The summed E-state index contributed by atoms with van der Waals surface area (Å²) in [5.41, 5.74) is 5.71. The highest BCUT2D eigenvalue weighted by atomic mass is 32.1. The van der Waals surface area contributed by atoms with Gasteiger partial charge in [-0.05, 0) is 12.1 Å². The van der Waals surface area contributed by atoms with Gasteiger partial charge >= 0.3 is 0 Å². The fourth-order valence-corrected chi connectivity index (χ4v) is 1.27. The van der Waals surface area contributed by atoms with Crippen LogP contribution < -0.4 is 5.73 Å². The number of nitrogens with zero attached hydrogens (tertiary/aromatic N) is 1. The van der Waals surface area contributed by atoms with E-state index in [9.17, 15) is 4.39 Å². The van der Waals surface area contributed by atoms with Crippen LogP contribution in [0, 0.1) is 16.5 Å². The molecule has 0 amide bonds. The van der Waals surface area contributed by atoms with Crippen molar-refractivity contribution in [2.45, 2.75) is 0 Å². The number of thiophene rings is 1. The lowest BCUT2D eigenvalue weighted by atomic mass is 10.3. The molecule has 0 saturated carbocycles. The molecule has 0 spiro atoms. The Hall–Kier alpha value is -1.34. The molecule has 1 aromatic heterocycles. The van der Waals surface area contributed by atoms with Crippen molar-refractivity contribution in [2.75, 3.05) is 0 Å². The van der Waals surface area contributed by atoms with E-state index in [4.69, 9.17) is 11.0 Å². The summed E-state index contributed by atoms with van der Waals surface area (Å²) in [6, 6.07) is 4.63. The van der Waals surface area contributed by atoms with Crippen molar-refractivity contribution in [3.8, 4) is 6.07 Å². The van der Waals surface area contributed by atoms with Crippen LogP contribution in [0.1, 0.15) is 4.88 Å². The summed E-state index contributed by atoms with van der Waals surface area (Å²) in [7, 11) is 0. The highest BCUT2D eigenvalue weighted by molar-refractivity contribution is 7.11. The van der Waals surface area contributed by atoms with E-state index in [2.05, 4.69) is 0 Å². The molecule has 0 aliphatic heterocycles. The number of nitrogens with two attached hydrogens (primary N) is 1. The fraction of sp³-hybridized carbons (Fsp3) is 0. The monoisotopic (exact) mass is 168 g/mol. The lowest BCUT2D eigenvalue weighted by molar-refractivity contribution is 0.657. The number of nitriles is 1. The highest BCUT2D eigenvalue weighted by Crippen LogP contribution is 2.18. The molecule has 0 unspecified atom stereocenters. The molecule has 1 heterocycles. The van der Waals surface area contributed by atoms with Gasteiger partial charge in [-0.2, -0.15) is 9.65 Å². The summed E-state index contributed by atoms with van der Waals surface area (Å²) in [4.78, 5) is 0.587. The molecular weight excluding hydrogens is 163 g/mol. The van der Waals surface area contributed by atoms with E-state index in [1.54, 1.807) is 12.1 Å².